The van der Waals surface area contributed by atoms with Crippen LogP contribution in [0.3, 0.4) is 0 Å². The Morgan fingerprint density at radius 3 is 1.85 bits per heavy atom. The zero-order chi connectivity index (χ0) is 8.39. The molecule has 0 atom stereocenters. The number of halogens is 1. The summed E-state index contributed by atoms with van der Waals surface area (Å²) in [6.45, 7) is 0. The number of hydrogen-bond acceptors (Lipinski definition) is 3. The highest BCUT2D eigenvalue weighted by molar-refractivity contribution is 5.85. The summed E-state index contributed by atoms with van der Waals surface area (Å²) < 4.78 is 0. The van der Waals surface area contributed by atoms with Crippen molar-refractivity contribution < 1.29 is 0 Å². The van der Waals surface area contributed by atoms with E-state index in [4.69, 9.17) is 5.73 Å². The number of imidazole rings is 2. The summed E-state index contributed by atoms with van der Waals surface area (Å²) in [4.78, 5) is 13.6. The third kappa shape index (κ3) is 1.88. The second kappa shape index (κ2) is 4.06. The van der Waals surface area contributed by atoms with Crippen LogP contribution in [0.1, 0.15) is 17.4 Å². The Morgan fingerprint density at radius 2 is 1.54 bits per heavy atom. The second-order valence-electron chi connectivity index (χ2n) is 2.49. The second-order valence-corrected chi connectivity index (χ2v) is 2.49. The van der Waals surface area contributed by atoms with Gasteiger partial charge in [-0.25, -0.2) is 9.97 Å². The highest BCUT2D eigenvalue weighted by atomic mass is 35.5. The van der Waals surface area contributed by atoms with Gasteiger partial charge in [0.15, 0.2) is 0 Å². The maximum atomic E-state index is 5.86. The third-order valence-corrected chi connectivity index (χ3v) is 1.71. The summed E-state index contributed by atoms with van der Waals surface area (Å²) in [5.41, 5.74) is 7.61. The van der Waals surface area contributed by atoms with Gasteiger partial charge in [0, 0.05) is 12.4 Å². The van der Waals surface area contributed by atoms with Gasteiger partial charge in [-0.1, -0.05) is 0 Å². The number of aromatic nitrogens is 4. The largest absolute Gasteiger partial charge is 0.347 e. The summed E-state index contributed by atoms with van der Waals surface area (Å²) in [5.74, 6) is 0. The van der Waals surface area contributed by atoms with Crippen molar-refractivity contribution in [2.24, 2.45) is 5.73 Å². The van der Waals surface area contributed by atoms with Gasteiger partial charge in [0.1, 0.15) is 0 Å². The van der Waals surface area contributed by atoms with Gasteiger partial charge in [-0.05, 0) is 0 Å². The SMILES string of the molecule is Cl.NC(c1cnc[nH]1)c1cnc[nH]1. The lowest BCUT2D eigenvalue weighted by molar-refractivity contribution is 0.809. The van der Waals surface area contributed by atoms with E-state index in [0.29, 0.717) is 0 Å². The van der Waals surface area contributed by atoms with Gasteiger partial charge >= 0.3 is 0 Å². The molecule has 13 heavy (non-hydrogen) atoms. The summed E-state index contributed by atoms with van der Waals surface area (Å²) in [6, 6.07) is -0.199. The Bertz CT molecular complexity index is 293. The minimum Gasteiger partial charge on any atom is -0.347 e. The molecule has 2 rings (SSSR count). The molecule has 0 bridgehead atoms. The van der Waals surface area contributed by atoms with Crippen LogP contribution in [0.15, 0.2) is 25.0 Å². The van der Waals surface area contributed by atoms with Crippen molar-refractivity contribution in [1.29, 1.82) is 0 Å². The molecule has 0 radical (unpaired) electrons. The van der Waals surface area contributed by atoms with Crippen molar-refractivity contribution in [1.82, 2.24) is 19.9 Å². The Morgan fingerprint density at radius 1 is 1.08 bits per heavy atom. The van der Waals surface area contributed by atoms with Crippen molar-refractivity contribution in [3.8, 4) is 0 Å². The molecule has 0 unspecified atom stereocenters. The topological polar surface area (TPSA) is 83.4 Å². The monoisotopic (exact) mass is 199 g/mol. The van der Waals surface area contributed by atoms with Crippen molar-refractivity contribution in [3.63, 3.8) is 0 Å². The smallest absolute Gasteiger partial charge is 0.0922 e. The molecule has 5 nitrogen and oxygen atoms in total. The van der Waals surface area contributed by atoms with Crippen LogP contribution in [0.2, 0.25) is 0 Å². The minimum atomic E-state index is -0.199. The van der Waals surface area contributed by atoms with Gasteiger partial charge in [-0.15, -0.1) is 12.4 Å². The molecule has 0 amide bonds. The summed E-state index contributed by atoms with van der Waals surface area (Å²) in [6.07, 6.45) is 6.61. The highest BCUT2D eigenvalue weighted by Crippen LogP contribution is 2.12. The van der Waals surface area contributed by atoms with Crippen LogP contribution < -0.4 is 5.73 Å². The molecule has 0 fully saturated rings. The first-order valence-electron chi connectivity index (χ1n) is 3.60. The zero-order valence-electron chi connectivity index (χ0n) is 6.77. The zero-order valence-corrected chi connectivity index (χ0v) is 7.58. The van der Waals surface area contributed by atoms with E-state index in [1.807, 2.05) is 0 Å². The van der Waals surface area contributed by atoms with Crippen LogP contribution in [0.25, 0.3) is 0 Å². The first-order valence-corrected chi connectivity index (χ1v) is 3.60. The molecule has 2 aromatic heterocycles. The molecule has 0 aliphatic carbocycles. The van der Waals surface area contributed by atoms with Crippen LogP contribution in [0, 0.1) is 0 Å². The predicted molar refractivity (Wildman–Crippen MR) is 50.5 cm³/mol. The normalized spacial score (nSPS) is 10.0. The van der Waals surface area contributed by atoms with Gasteiger partial charge in [0.25, 0.3) is 0 Å². The van der Waals surface area contributed by atoms with Crippen LogP contribution in [0.4, 0.5) is 0 Å². The van der Waals surface area contributed by atoms with Gasteiger partial charge in [-0.3, -0.25) is 0 Å². The summed E-state index contributed by atoms with van der Waals surface area (Å²) in [5, 5.41) is 0. The van der Waals surface area contributed by atoms with E-state index < -0.39 is 0 Å². The van der Waals surface area contributed by atoms with Gasteiger partial charge < -0.3 is 15.7 Å². The maximum absolute atomic E-state index is 5.86. The van der Waals surface area contributed by atoms with Crippen LogP contribution >= 0.6 is 12.4 Å². The van der Waals surface area contributed by atoms with E-state index in [-0.39, 0.29) is 18.4 Å². The van der Waals surface area contributed by atoms with E-state index in [1.165, 1.54) is 0 Å². The first kappa shape index (κ1) is 9.76. The van der Waals surface area contributed by atoms with E-state index in [0.717, 1.165) is 11.4 Å². The van der Waals surface area contributed by atoms with E-state index >= 15 is 0 Å². The van der Waals surface area contributed by atoms with E-state index in [1.54, 1.807) is 25.0 Å². The fraction of sp³-hybridized carbons (Fsp3) is 0.143. The standard InChI is InChI=1S/C7H9N5.ClH/c8-7(5-1-9-3-11-5)6-2-10-4-12-6;/h1-4,7H,8H2,(H,9,11)(H,10,12);1H. The lowest BCUT2D eigenvalue weighted by Crippen LogP contribution is -2.12. The molecule has 0 aliphatic rings. The fourth-order valence-electron chi connectivity index (χ4n) is 1.04. The molecule has 0 aliphatic heterocycles. The molecule has 2 heterocycles. The molecule has 0 saturated carbocycles. The number of hydrogen-bond donors (Lipinski definition) is 3. The van der Waals surface area contributed by atoms with Crippen molar-refractivity contribution >= 4 is 12.4 Å². The van der Waals surface area contributed by atoms with E-state index in [2.05, 4.69) is 19.9 Å². The molecular formula is C7H10ClN5. The molecule has 6 heteroatoms. The van der Waals surface area contributed by atoms with Gasteiger partial charge in [0.2, 0.25) is 0 Å². The number of H-pyrrole nitrogens is 2. The van der Waals surface area contributed by atoms with Crippen molar-refractivity contribution in [2.45, 2.75) is 6.04 Å². The number of aromatic amines is 2. The van der Waals surface area contributed by atoms with Gasteiger partial charge in [-0.2, -0.15) is 0 Å². The average Bonchev–Trinajstić information content (AvgIpc) is 2.77. The quantitative estimate of drug-likeness (QED) is 0.663. The first-order chi connectivity index (χ1) is 5.88. The Balaban J connectivity index is 0.000000845. The molecule has 2 aromatic rings. The van der Waals surface area contributed by atoms with E-state index in [9.17, 15) is 0 Å². The Labute approximate surface area is 81.2 Å². The van der Waals surface area contributed by atoms with Crippen LogP contribution in [-0.4, -0.2) is 19.9 Å². The average molecular weight is 200 g/mol. The van der Waals surface area contributed by atoms with Crippen molar-refractivity contribution in [3.05, 3.63) is 36.4 Å². The molecule has 70 valence electrons. The summed E-state index contributed by atoms with van der Waals surface area (Å²) >= 11 is 0. The Kier molecular flexibility index (Phi) is 3.05. The predicted octanol–water partition coefficient (Wildman–Crippen LogP) is 0.603. The molecular weight excluding hydrogens is 190 g/mol. The highest BCUT2D eigenvalue weighted by Gasteiger charge is 2.10. The Hall–Kier alpha value is -1.33. The van der Waals surface area contributed by atoms with Crippen LogP contribution in [-0.2, 0) is 0 Å². The molecule has 0 aromatic carbocycles. The molecule has 4 N–H and O–H groups in total. The lowest BCUT2D eigenvalue weighted by Gasteiger charge is -2.04. The maximum Gasteiger partial charge on any atom is 0.0922 e. The number of rotatable bonds is 2. The third-order valence-electron chi connectivity index (χ3n) is 1.71. The molecule has 0 saturated heterocycles. The minimum absolute atomic E-state index is 0. The van der Waals surface area contributed by atoms with Gasteiger partial charge in [0.05, 0.1) is 30.1 Å². The lowest BCUT2D eigenvalue weighted by atomic mass is 10.2. The number of nitrogens with zero attached hydrogens (tertiary/aromatic N) is 2. The van der Waals surface area contributed by atoms with Crippen molar-refractivity contribution in [2.75, 3.05) is 0 Å². The number of nitrogens with two attached hydrogens (primary N) is 1. The summed E-state index contributed by atoms with van der Waals surface area (Å²) in [7, 11) is 0. The number of nitrogens with one attached hydrogen (secondary N) is 2. The molecule has 0 spiro atoms. The fourth-order valence-corrected chi connectivity index (χ4v) is 1.04. The van der Waals surface area contributed by atoms with Crippen LogP contribution in [0.5, 0.6) is 0 Å².